The van der Waals surface area contributed by atoms with Gasteiger partial charge in [-0.1, -0.05) is 0 Å². The number of carbonyl (C=O) groups excluding carboxylic acids is 1. The van der Waals surface area contributed by atoms with Gasteiger partial charge in [0.05, 0.1) is 12.2 Å². The average molecular weight is 138 g/mol. The van der Waals surface area contributed by atoms with E-state index < -0.39 is 0 Å². The summed E-state index contributed by atoms with van der Waals surface area (Å²) in [5, 5.41) is 0. The molecule has 0 aromatic carbocycles. The molecule has 2 saturated carbocycles. The van der Waals surface area contributed by atoms with Crippen LogP contribution in [0.4, 0.5) is 0 Å². The van der Waals surface area contributed by atoms with Crippen molar-refractivity contribution in [3.05, 3.63) is 0 Å². The van der Waals surface area contributed by atoms with E-state index in [1.807, 2.05) is 0 Å². The molecule has 0 bridgehead atoms. The Morgan fingerprint density at radius 3 is 3.20 bits per heavy atom. The summed E-state index contributed by atoms with van der Waals surface area (Å²) in [6, 6.07) is 0. The fraction of sp³-hybridized carbons (Fsp3) is 0.875. The van der Waals surface area contributed by atoms with Crippen LogP contribution < -0.4 is 0 Å². The maximum Gasteiger partial charge on any atom is 0.138 e. The number of epoxide rings is 1. The van der Waals surface area contributed by atoms with Crippen LogP contribution in [-0.4, -0.2) is 18.0 Å². The van der Waals surface area contributed by atoms with Gasteiger partial charge in [-0.25, -0.2) is 0 Å². The quantitative estimate of drug-likeness (QED) is 0.462. The van der Waals surface area contributed by atoms with Gasteiger partial charge in [-0.2, -0.15) is 0 Å². The van der Waals surface area contributed by atoms with E-state index in [2.05, 4.69) is 0 Å². The van der Waals surface area contributed by atoms with E-state index in [-0.39, 0.29) is 0 Å². The zero-order valence-corrected chi connectivity index (χ0v) is 5.75. The summed E-state index contributed by atoms with van der Waals surface area (Å²) in [6.07, 6.45) is 3.97. The minimum Gasteiger partial charge on any atom is -0.369 e. The van der Waals surface area contributed by atoms with Crippen LogP contribution in [0.15, 0.2) is 0 Å². The highest BCUT2D eigenvalue weighted by molar-refractivity contribution is 5.85. The third-order valence-corrected chi connectivity index (χ3v) is 3.15. The van der Waals surface area contributed by atoms with Crippen LogP contribution in [0.5, 0.6) is 0 Å². The van der Waals surface area contributed by atoms with Crippen molar-refractivity contribution in [1.29, 1.82) is 0 Å². The van der Waals surface area contributed by atoms with Crippen LogP contribution in [0.2, 0.25) is 0 Å². The first-order valence-corrected chi connectivity index (χ1v) is 4.04. The molecular formula is C8H10O2. The van der Waals surface area contributed by atoms with Crippen LogP contribution in [0.1, 0.15) is 19.3 Å². The fourth-order valence-corrected chi connectivity index (χ4v) is 2.61. The summed E-state index contributed by atoms with van der Waals surface area (Å²) in [4.78, 5) is 11.2. The minimum absolute atomic E-state index is 0.324. The van der Waals surface area contributed by atoms with Gasteiger partial charge in [0.15, 0.2) is 0 Å². The molecule has 2 nitrogen and oxygen atoms in total. The molecule has 10 heavy (non-hydrogen) atoms. The van der Waals surface area contributed by atoms with Gasteiger partial charge >= 0.3 is 0 Å². The molecule has 0 aromatic rings. The number of fused-ring (bicyclic) bond motifs is 3. The predicted molar refractivity (Wildman–Crippen MR) is 34.5 cm³/mol. The number of ether oxygens (including phenoxy) is 1. The number of hydrogen-bond acceptors (Lipinski definition) is 2. The van der Waals surface area contributed by atoms with E-state index in [9.17, 15) is 4.79 Å². The molecule has 3 rings (SSSR count). The topological polar surface area (TPSA) is 29.6 Å². The highest BCUT2D eigenvalue weighted by Gasteiger charge is 2.59. The average Bonchev–Trinajstić information content (AvgIpc) is 2.40. The molecule has 3 aliphatic rings. The largest absolute Gasteiger partial charge is 0.369 e. The van der Waals surface area contributed by atoms with E-state index in [1.54, 1.807) is 0 Å². The summed E-state index contributed by atoms with van der Waals surface area (Å²) in [7, 11) is 0. The van der Waals surface area contributed by atoms with Gasteiger partial charge in [-0.3, -0.25) is 4.79 Å². The van der Waals surface area contributed by atoms with Crippen LogP contribution in [0, 0.1) is 11.8 Å². The van der Waals surface area contributed by atoms with Crippen LogP contribution in [0.3, 0.4) is 0 Å². The molecule has 0 N–H and O–H groups in total. The van der Waals surface area contributed by atoms with Crippen molar-refractivity contribution in [2.24, 2.45) is 11.8 Å². The summed E-state index contributed by atoms with van der Waals surface area (Å²) in [6.45, 7) is 0. The highest BCUT2D eigenvalue weighted by atomic mass is 16.6. The Morgan fingerprint density at radius 2 is 2.40 bits per heavy atom. The molecular weight excluding hydrogens is 128 g/mol. The lowest BCUT2D eigenvalue weighted by Gasteiger charge is -2.08. The molecule has 0 spiro atoms. The zero-order chi connectivity index (χ0) is 6.72. The zero-order valence-electron chi connectivity index (χ0n) is 5.75. The Morgan fingerprint density at radius 1 is 1.50 bits per heavy atom. The van der Waals surface area contributed by atoms with Crippen LogP contribution >= 0.6 is 0 Å². The van der Waals surface area contributed by atoms with E-state index in [4.69, 9.17) is 4.74 Å². The number of ketones is 1. The Labute approximate surface area is 59.6 Å². The second-order valence-corrected chi connectivity index (χ2v) is 3.67. The molecule has 0 radical (unpaired) electrons. The molecule has 2 aliphatic carbocycles. The molecule has 2 heteroatoms. The summed E-state index contributed by atoms with van der Waals surface area (Å²) in [5.41, 5.74) is 0. The summed E-state index contributed by atoms with van der Waals surface area (Å²) >= 11 is 0. The SMILES string of the molecule is O=C1CC[C@H]2C[C@@H]3O[C@@H]3[C@@H]12. The predicted octanol–water partition coefficient (Wildman–Crippen LogP) is 0.753. The van der Waals surface area contributed by atoms with Gasteiger partial charge in [0.2, 0.25) is 0 Å². The molecule has 0 unspecified atom stereocenters. The first-order chi connectivity index (χ1) is 4.86. The number of rotatable bonds is 0. The molecule has 4 atom stereocenters. The number of Topliss-reactive ketones (excluding diaryl/α,β-unsaturated/α-hetero) is 1. The number of carbonyl (C=O) groups is 1. The van der Waals surface area contributed by atoms with E-state index >= 15 is 0 Å². The second kappa shape index (κ2) is 1.45. The Bertz CT molecular complexity index is 199. The van der Waals surface area contributed by atoms with Gasteiger partial charge in [0, 0.05) is 12.3 Å². The van der Waals surface area contributed by atoms with Gasteiger partial charge < -0.3 is 4.74 Å². The minimum atomic E-state index is 0.324. The van der Waals surface area contributed by atoms with E-state index in [1.165, 1.54) is 6.42 Å². The van der Waals surface area contributed by atoms with Crippen molar-refractivity contribution >= 4 is 5.78 Å². The fourth-order valence-electron chi connectivity index (χ4n) is 2.61. The lowest BCUT2D eigenvalue weighted by molar-refractivity contribution is -0.121. The molecule has 54 valence electrons. The molecule has 1 heterocycles. The third-order valence-electron chi connectivity index (χ3n) is 3.15. The third kappa shape index (κ3) is 0.473. The molecule has 1 aliphatic heterocycles. The van der Waals surface area contributed by atoms with Crippen molar-refractivity contribution in [2.75, 3.05) is 0 Å². The molecule has 0 amide bonds. The Hall–Kier alpha value is -0.370. The number of hydrogen-bond donors (Lipinski definition) is 0. The van der Waals surface area contributed by atoms with Crippen molar-refractivity contribution in [1.82, 2.24) is 0 Å². The second-order valence-electron chi connectivity index (χ2n) is 3.67. The van der Waals surface area contributed by atoms with E-state index in [0.717, 1.165) is 12.8 Å². The molecule has 1 saturated heterocycles. The molecule has 0 aromatic heterocycles. The summed E-state index contributed by atoms with van der Waals surface area (Å²) in [5.74, 6) is 1.50. The highest BCUT2D eigenvalue weighted by Crippen LogP contribution is 2.52. The maximum atomic E-state index is 11.2. The Balaban J connectivity index is 1.95. The normalized spacial score (nSPS) is 56.6. The lowest BCUT2D eigenvalue weighted by atomic mass is 9.99. The van der Waals surface area contributed by atoms with Crippen molar-refractivity contribution in [3.8, 4) is 0 Å². The maximum absolute atomic E-state index is 11.2. The van der Waals surface area contributed by atoms with Gasteiger partial charge in [0.25, 0.3) is 0 Å². The molecule has 3 fully saturated rings. The van der Waals surface area contributed by atoms with Crippen molar-refractivity contribution in [2.45, 2.75) is 31.5 Å². The summed E-state index contributed by atoms with van der Waals surface area (Å²) < 4.78 is 5.32. The van der Waals surface area contributed by atoms with Gasteiger partial charge in [-0.05, 0) is 18.8 Å². The van der Waals surface area contributed by atoms with Crippen molar-refractivity contribution < 1.29 is 9.53 Å². The Kier molecular flexibility index (Phi) is 0.768. The first-order valence-electron chi connectivity index (χ1n) is 4.04. The van der Waals surface area contributed by atoms with Gasteiger partial charge in [-0.15, -0.1) is 0 Å². The smallest absolute Gasteiger partial charge is 0.138 e. The monoisotopic (exact) mass is 138 g/mol. The van der Waals surface area contributed by atoms with Crippen LogP contribution in [-0.2, 0) is 9.53 Å². The van der Waals surface area contributed by atoms with Gasteiger partial charge in [0.1, 0.15) is 5.78 Å². The lowest BCUT2D eigenvalue weighted by Crippen LogP contribution is -2.15. The van der Waals surface area contributed by atoms with Crippen LogP contribution in [0.25, 0.3) is 0 Å². The van der Waals surface area contributed by atoms with Crippen molar-refractivity contribution in [3.63, 3.8) is 0 Å². The van der Waals surface area contributed by atoms with E-state index in [0.29, 0.717) is 29.8 Å². The standard InChI is InChI=1S/C8H10O2/c9-5-2-1-4-3-6-8(10-6)7(4)5/h4,6-8H,1-3H2/t4-,6-,7+,8-/m0/s1. The first kappa shape index (κ1) is 5.30.